The second-order valence-electron chi connectivity index (χ2n) is 7.87. The van der Waals surface area contributed by atoms with Gasteiger partial charge in [-0.05, 0) is 37.3 Å². The van der Waals surface area contributed by atoms with Gasteiger partial charge >= 0.3 is 0 Å². The van der Waals surface area contributed by atoms with E-state index in [1.54, 1.807) is 38.2 Å². The van der Waals surface area contributed by atoms with Crippen LogP contribution in [0.1, 0.15) is 24.8 Å². The Morgan fingerprint density at radius 1 is 1.03 bits per heavy atom. The Bertz CT molecular complexity index is 1150. The van der Waals surface area contributed by atoms with E-state index in [-0.39, 0.29) is 10.6 Å². The van der Waals surface area contributed by atoms with E-state index in [0.717, 1.165) is 0 Å². The predicted molar refractivity (Wildman–Crippen MR) is 113 cm³/mol. The maximum Gasteiger partial charge on any atom is 0.244 e. The van der Waals surface area contributed by atoms with Gasteiger partial charge in [-0.25, -0.2) is 8.42 Å². The number of benzene rings is 2. The predicted octanol–water partition coefficient (Wildman–Crippen LogP) is 2.61. The van der Waals surface area contributed by atoms with E-state index in [1.807, 2.05) is 0 Å². The van der Waals surface area contributed by atoms with Crippen LogP contribution >= 0.6 is 0 Å². The number of amides is 1. The number of carbonyl (C=O) groups excluding carboxylic acids is 1. The number of piperidine rings is 1. The molecular formula is C22H25NO7S. The summed E-state index contributed by atoms with van der Waals surface area (Å²) in [6.45, 7) is 1.79. The quantitative estimate of drug-likeness (QED) is 0.696. The molecule has 0 N–H and O–H groups in total. The van der Waals surface area contributed by atoms with Crippen molar-refractivity contribution in [3.8, 4) is 23.0 Å². The number of methoxy groups -OCH3 is 3. The summed E-state index contributed by atoms with van der Waals surface area (Å²) in [5, 5.41) is -1.35. The molecule has 2 aromatic rings. The maximum absolute atomic E-state index is 13.9. The summed E-state index contributed by atoms with van der Waals surface area (Å²) in [6, 6.07) is 9.76. The topological polar surface area (TPSA) is 91.4 Å². The Morgan fingerprint density at radius 3 is 2.32 bits per heavy atom. The summed E-state index contributed by atoms with van der Waals surface area (Å²) < 4.78 is 49.8. The minimum Gasteiger partial charge on any atom is -0.497 e. The molecule has 0 aromatic heterocycles. The lowest BCUT2D eigenvalue weighted by Crippen LogP contribution is -2.64. The van der Waals surface area contributed by atoms with Crippen molar-refractivity contribution in [3.05, 3.63) is 42.0 Å². The highest BCUT2D eigenvalue weighted by Gasteiger charge is 2.57. The number of nitrogens with zero attached hydrogens (tertiary/aromatic N) is 1. The van der Waals surface area contributed by atoms with Crippen LogP contribution in [0.5, 0.6) is 23.0 Å². The molecular weight excluding hydrogens is 422 g/mol. The molecule has 0 radical (unpaired) electrons. The number of ether oxygens (including phenoxy) is 4. The third kappa shape index (κ3) is 3.18. The number of sulfone groups is 1. The first-order valence-corrected chi connectivity index (χ1v) is 11.3. The molecule has 0 saturated carbocycles. The molecule has 0 spiro atoms. The van der Waals surface area contributed by atoms with Crippen molar-refractivity contribution in [1.29, 1.82) is 0 Å². The Hall–Kier alpha value is -2.94. The first-order chi connectivity index (χ1) is 14.7. The smallest absolute Gasteiger partial charge is 0.244 e. The molecule has 2 aliphatic rings. The molecule has 1 fully saturated rings. The monoisotopic (exact) mass is 447 g/mol. The normalized spacial score (nSPS) is 24.8. The van der Waals surface area contributed by atoms with Crippen molar-refractivity contribution in [3.63, 3.8) is 0 Å². The van der Waals surface area contributed by atoms with E-state index < -0.39 is 32.6 Å². The van der Waals surface area contributed by atoms with Crippen molar-refractivity contribution in [2.75, 3.05) is 28.4 Å². The van der Waals surface area contributed by atoms with Crippen LogP contribution in [0.2, 0.25) is 0 Å². The Morgan fingerprint density at radius 2 is 1.68 bits per heavy atom. The molecule has 2 heterocycles. The fourth-order valence-electron chi connectivity index (χ4n) is 4.40. The van der Waals surface area contributed by atoms with E-state index in [9.17, 15) is 13.2 Å². The molecule has 2 aromatic carbocycles. The summed E-state index contributed by atoms with van der Waals surface area (Å²) in [5.74, 6) is 0.465. The summed E-state index contributed by atoms with van der Waals surface area (Å²) in [7, 11) is 1.79. The number of likely N-dealkylation sites (tertiary alicyclic amines) is 1. The molecule has 31 heavy (non-hydrogen) atoms. The van der Waals surface area contributed by atoms with Gasteiger partial charge in [-0.2, -0.15) is 0 Å². The first kappa shape index (κ1) is 21.3. The Balaban J connectivity index is 1.92. The van der Waals surface area contributed by atoms with Crippen LogP contribution in [-0.4, -0.2) is 58.6 Å². The lowest BCUT2D eigenvalue weighted by atomic mass is 9.80. The van der Waals surface area contributed by atoms with Crippen LogP contribution in [0.4, 0.5) is 0 Å². The van der Waals surface area contributed by atoms with Crippen molar-refractivity contribution in [2.45, 2.75) is 35.1 Å². The zero-order valence-electron chi connectivity index (χ0n) is 18.0. The van der Waals surface area contributed by atoms with Crippen LogP contribution in [0.15, 0.2) is 41.3 Å². The summed E-state index contributed by atoms with van der Waals surface area (Å²) >= 11 is 0. The van der Waals surface area contributed by atoms with Gasteiger partial charge < -0.3 is 23.8 Å². The van der Waals surface area contributed by atoms with Gasteiger partial charge in [-0.1, -0.05) is 0 Å². The third-order valence-corrected chi connectivity index (χ3v) is 8.34. The highest BCUT2D eigenvalue weighted by Crippen LogP contribution is 2.51. The average molecular weight is 448 g/mol. The van der Waals surface area contributed by atoms with Gasteiger partial charge in [0.25, 0.3) is 0 Å². The van der Waals surface area contributed by atoms with Crippen molar-refractivity contribution >= 4 is 15.7 Å². The molecule has 3 atom stereocenters. The molecule has 3 unspecified atom stereocenters. The van der Waals surface area contributed by atoms with Crippen LogP contribution < -0.4 is 18.9 Å². The van der Waals surface area contributed by atoms with Crippen molar-refractivity contribution in [2.24, 2.45) is 0 Å². The molecule has 166 valence electrons. The van der Waals surface area contributed by atoms with Gasteiger partial charge in [0.05, 0.1) is 21.3 Å². The fraction of sp³-hybridized carbons (Fsp3) is 0.409. The number of fused-ring (bicyclic) bond motifs is 4. The molecule has 1 amide bonds. The second kappa shape index (κ2) is 7.33. The molecule has 0 aliphatic carbocycles. The fourth-order valence-corrected chi connectivity index (χ4v) is 6.48. The zero-order valence-corrected chi connectivity index (χ0v) is 18.9. The van der Waals surface area contributed by atoms with E-state index in [2.05, 4.69) is 0 Å². The van der Waals surface area contributed by atoms with Crippen LogP contribution in [0.25, 0.3) is 0 Å². The zero-order chi connectivity index (χ0) is 22.6. The van der Waals surface area contributed by atoms with Gasteiger partial charge in [0.1, 0.15) is 27.9 Å². The lowest BCUT2D eigenvalue weighted by molar-refractivity contribution is -0.159. The number of carbonyl (C=O) groups is 1. The van der Waals surface area contributed by atoms with E-state index in [0.29, 0.717) is 29.2 Å². The van der Waals surface area contributed by atoms with E-state index in [1.165, 1.54) is 38.4 Å². The SMILES string of the molecule is COc1ccc2c(c1)C1CC(C)(O2)N(C)C(=O)C1S(=O)(=O)c1cc(OC)ccc1OC. The highest BCUT2D eigenvalue weighted by molar-refractivity contribution is 7.93. The molecule has 4 rings (SSSR count). The molecule has 8 nitrogen and oxygen atoms in total. The van der Waals surface area contributed by atoms with Gasteiger partial charge in [0.2, 0.25) is 5.91 Å². The minimum absolute atomic E-state index is 0.0827. The molecule has 2 aliphatic heterocycles. The highest BCUT2D eigenvalue weighted by atomic mass is 32.2. The average Bonchev–Trinajstić information content (AvgIpc) is 2.76. The standard InChI is InChI=1S/C22H25NO7S/c1-22-12-16(15-10-13(27-3)6-8-17(15)30-22)20(21(24)23(22)2)31(25,26)19-11-14(28-4)7-9-18(19)29-5/h6-11,16,20H,12H2,1-5H3. The number of rotatable bonds is 5. The van der Waals surface area contributed by atoms with E-state index in [4.69, 9.17) is 18.9 Å². The number of hydrogen-bond donors (Lipinski definition) is 0. The molecule has 2 bridgehead atoms. The largest absolute Gasteiger partial charge is 0.497 e. The van der Waals surface area contributed by atoms with Crippen LogP contribution in [0.3, 0.4) is 0 Å². The van der Waals surface area contributed by atoms with Crippen molar-refractivity contribution in [1.82, 2.24) is 4.90 Å². The van der Waals surface area contributed by atoms with Gasteiger partial charge in [-0.3, -0.25) is 4.79 Å². The third-order valence-electron chi connectivity index (χ3n) is 6.21. The summed E-state index contributed by atoms with van der Waals surface area (Å²) in [6.07, 6.45) is 0.325. The summed E-state index contributed by atoms with van der Waals surface area (Å²) in [4.78, 5) is 14.7. The Kier molecular flexibility index (Phi) is 5.04. The van der Waals surface area contributed by atoms with Crippen LogP contribution in [0, 0.1) is 0 Å². The van der Waals surface area contributed by atoms with E-state index >= 15 is 0 Å². The van der Waals surface area contributed by atoms with Gasteiger partial charge in [0, 0.05) is 31.0 Å². The maximum atomic E-state index is 13.9. The summed E-state index contributed by atoms with van der Waals surface area (Å²) in [5.41, 5.74) is -0.318. The molecule has 1 saturated heterocycles. The van der Waals surface area contributed by atoms with Gasteiger partial charge in [-0.15, -0.1) is 0 Å². The van der Waals surface area contributed by atoms with Gasteiger partial charge in [0.15, 0.2) is 20.8 Å². The van der Waals surface area contributed by atoms with Crippen LogP contribution in [-0.2, 0) is 14.6 Å². The second-order valence-corrected chi connectivity index (χ2v) is 9.91. The van der Waals surface area contributed by atoms with Crippen molar-refractivity contribution < 1.29 is 32.2 Å². The Labute approximate surface area is 181 Å². The molecule has 9 heteroatoms. The minimum atomic E-state index is -4.15. The first-order valence-electron chi connectivity index (χ1n) is 9.77. The lowest BCUT2D eigenvalue weighted by Gasteiger charge is -2.51. The number of hydrogen-bond acceptors (Lipinski definition) is 7.